The molecule has 0 radical (unpaired) electrons. The van der Waals surface area contributed by atoms with Crippen LogP contribution in [0.1, 0.15) is 33.0 Å². The van der Waals surface area contributed by atoms with E-state index in [2.05, 4.69) is 9.97 Å². The molecule has 0 fully saturated rings. The van der Waals surface area contributed by atoms with Crippen LogP contribution < -0.4 is 0 Å². The molecular formula is C14H14N2O. The first-order valence-electron chi connectivity index (χ1n) is 5.49. The first-order valence-corrected chi connectivity index (χ1v) is 5.49. The molecule has 0 aliphatic carbocycles. The van der Waals surface area contributed by atoms with E-state index in [4.69, 9.17) is 0 Å². The van der Waals surface area contributed by atoms with Gasteiger partial charge in [-0.1, -0.05) is 0 Å². The molecule has 2 aromatic heterocycles. The summed E-state index contributed by atoms with van der Waals surface area (Å²) in [5.41, 5.74) is 3.90. The predicted octanol–water partition coefficient (Wildman–Crippen LogP) is 2.63. The molecule has 86 valence electrons. The topological polar surface area (TPSA) is 42.9 Å². The molecule has 2 rings (SSSR count). The zero-order valence-electron chi connectivity index (χ0n) is 10.2. The van der Waals surface area contributed by atoms with Gasteiger partial charge in [0, 0.05) is 34.4 Å². The number of pyridine rings is 2. The monoisotopic (exact) mass is 226 g/mol. The first kappa shape index (κ1) is 11.5. The summed E-state index contributed by atoms with van der Waals surface area (Å²) >= 11 is 0. The largest absolute Gasteiger partial charge is 0.289 e. The fourth-order valence-corrected chi connectivity index (χ4v) is 1.73. The average Bonchev–Trinajstić information content (AvgIpc) is 2.28. The minimum absolute atomic E-state index is 0.00824. The second-order valence-corrected chi connectivity index (χ2v) is 4.16. The number of carbonyl (C=O) groups is 1. The lowest BCUT2D eigenvalue weighted by atomic mass is 10.0. The molecule has 0 bridgehead atoms. The number of aryl methyl sites for hydroxylation is 3. The van der Waals surface area contributed by atoms with Crippen LogP contribution in [0.4, 0.5) is 0 Å². The zero-order valence-corrected chi connectivity index (χ0v) is 10.2. The molecular weight excluding hydrogens is 212 g/mol. The Labute approximate surface area is 101 Å². The molecule has 0 aliphatic heterocycles. The fourth-order valence-electron chi connectivity index (χ4n) is 1.73. The normalized spacial score (nSPS) is 10.3. The van der Waals surface area contributed by atoms with Gasteiger partial charge in [0.2, 0.25) is 0 Å². The SMILES string of the molecule is Cc1ccc(C(=O)c2cc(C)nc(C)c2)cn1. The Morgan fingerprint density at radius 1 is 0.941 bits per heavy atom. The summed E-state index contributed by atoms with van der Waals surface area (Å²) in [6, 6.07) is 7.24. The molecule has 0 unspecified atom stereocenters. The van der Waals surface area contributed by atoms with E-state index in [9.17, 15) is 4.79 Å². The van der Waals surface area contributed by atoms with Gasteiger partial charge in [-0.05, 0) is 45.0 Å². The molecule has 3 heteroatoms. The van der Waals surface area contributed by atoms with Crippen LogP contribution in [0.5, 0.6) is 0 Å². The summed E-state index contributed by atoms with van der Waals surface area (Å²) < 4.78 is 0. The van der Waals surface area contributed by atoms with Crippen LogP contribution in [-0.4, -0.2) is 15.8 Å². The van der Waals surface area contributed by atoms with Crippen molar-refractivity contribution in [3.8, 4) is 0 Å². The van der Waals surface area contributed by atoms with Gasteiger partial charge in [0.1, 0.15) is 0 Å². The molecule has 0 atom stereocenters. The van der Waals surface area contributed by atoms with E-state index in [0.29, 0.717) is 11.1 Å². The Hall–Kier alpha value is -2.03. The van der Waals surface area contributed by atoms with Crippen molar-refractivity contribution in [1.82, 2.24) is 9.97 Å². The lowest BCUT2D eigenvalue weighted by molar-refractivity contribution is 0.103. The quantitative estimate of drug-likeness (QED) is 0.739. The van der Waals surface area contributed by atoms with Gasteiger partial charge in [0.05, 0.1) is 0 Å². The van der Waals surface area contributed by atoms with Crippen molar-refractivity contribution in [2.45, 2.75) is 20.8 Å². The van der Waals surface area contributed by atoms with E-state index in [1.54, 1.807) is 24.4 Å². The molecule has 0 saturated carbocycles. The molecule has 0 aromatic carbocycles. The lowest BCUT2D eigenvalue weighted by Crippen LogP contribution is -2.04. The maximum Gasteiger partial charge on any atom is 0.194 e. The van der Waals surface area contributed by atoms with Gasteiger partial charge in [0.25, 0.3) is 0 Å². The summed E-state index contributed by atoms with van der Waals surface area (Å²) in [6.45, 7) is 5.67. The third-order valence-electron chi connectivity index (χ3n) is 2.52. The maximum atomic E-state index is 12.2. The zero-order chi connectivity index (χ0) is 12.4. The molecule has 0 aliphatic rings. The van der Waals surface area contributed by atoms with Gasteiger partial charge in [-0.3, -0.25) is 14.8 Å². The molecule has 0 amide bonds. The Bertz CT molecular complexity index is 539. The molecule has 0 saturated heterocycles. The lowest BCUT2D eigenvalue weighted by Gasteiger charge is -2.04. The number of rotatable bonds is 2. The maximum absolute atomic E-state index is 12.2. The van der Waals surface area contributed by atoms with Crippen molar-refractivity contribution in [3.05, 3.63) is 58.7 Å². The summed E-state index contributed by atoms with van der Waals surface area (Å²) in [5, 5.41) is 0. The third kappa shape index (κ3) is 2.56. The fraction of sp³-hybridized carbons (Fsp3) is 0.214. The van der Waals surface area contributed by atoms with Crippen LogP contribution in [-0.2, 0) is 0 Å². The summed E-state index contributed by atoms with van der Waals surface area (Å²) in [6.07, 6.45) is 1.61. The highest BCUT2D eigenvalue weighted by atomic mass is 16.1. The summed E-state index contributed by atoms with van der Waals surface area (Å²) in [4.78, 5) is 20.6. The molecule has 0 N–H and O–H groups in total. The van der Waals surface area contributed by atoms with Crippen molar-refractivity contribution in [1.29, 1.82) is 0 Å². The highest BCUT2D eigenvalue weighted by molar-refractivity contribution is 6.08. The van der Waals surface area contributed by atoms with Gasteiger partial charge in [-0.2, -0.15) is 0 Å². The number of aromatic nitrogens is 2. The molecule has 3 nitrogen and oxygen atoms in total. The third-order valence-corrected chi connectivity index (χ3v) is 2.52. The van der Waals surface area contributed by atoms with Gasteiger partial charge >= 0.3 is 0 Å². The van der Waals surface area contributed by atoms with Gasteiger partial charge in [-0.15, -0.1) is 0 Å². The molecule has 0 spiro atoms. The first-order chi connectivity index (χ1) is 8.06. The van der Waals surface area contributed by atoms with E-state index in [-0.39, 0.29) is 5.78 Å². The van der Waals surface area contributed by atoms with Crippen molar-refractivity contribution >= 4 is 5.78 Å². The van der Waals surface area contributed by atoms with Crippen LogP contribution in [0.3, 0.4) is 0 Å². The summed E-state index contributed by atoms with van der Waals surface area (Å²) in [5.74, 6) is -0.00824. The van der Waals surface area contributed by atoms with Crippen molar-refractivity contribution in [2.24, 2.45) is 0 Å². The van der Waals surface area contributed by atoms with Crippen molar-refractivity contribution < 1.29 is 4.79 Å². The van der Waals surface area contributed by atoms with Crippen LogP contribution in [0.15, 0.2) is 30.5 Å². The van der Waals surface area contributed by atoms with E-state index in [1.165, 1.54) is 0 Å². The van der Waals surface area contributed by atoms with Gasteiger partial charge < -0.3 is 0 Å². The minimum Gasteiger partial charge on any atom is -0.289 e. The van der Waals surface area contributed by atoms with Crippen LogP contribution >= 0.6 is 0 Å². The number of carbonyl (C=O) groups excluding carboxylic acids is 1. The average molecular weight is 226 g/mol. The van der Waals surface area contributed by atoms with Crippen molar-refractivity contribution in [2.75, 3.05) is 0 Å². The second kappa shape index (κ2) is 4.45. The van der Waals surface area contributed by atoms with Gasteiger partial charge in [-0.25, -0.2) is 0 Å². The predicted molar refractivity (Wildman–Crippen MR) is 66.1 cm³/mol. The highest BCUT2D eigenvalue weighted by Gasteiger charge is 2.10. The Kier molecular flexibility index (Phi) is 3.00. The Morgan fingerprint density at radius 2 is 1.59 bits per heavy atom. The highest BCUT2D eigenvalue weighted by Crippen LogP contribution is 2.11. The molecule has 2 aromatic rings. The van der Waals surface area contributed by atoms with E-state index in [0.717, 1.165) is 17.1 Å². The Balaban J connectivity index is 2.40. The van der Waals surface area contributed by atoms with Crippen LogP contribution in [0.25, 0.3) is 0 Å². The van der Waals surface area contributed by atoms with Gasteiger partial charge in [0.15, 0.2) is 5.78 Å². The smallest absolute Gasteiger partial charge is 0.194 e. The molecule has 2 heterocycles. The minimum atomic E-state index is -0.00824. The number of hydrogen-bond acceptors (Lipinski definition) is 3. The summed E-state index contributed by atoms with van der Waals surface area (Å²) in [7, 11) is 0. The van der Waals surface area contributed by atoms with Crippen LogP contribution in [0, 0.1) is 20.8 Å². The number of nitrogens with zero attached hydrogens (tertiary/aromatic N) is 2. The van der Waals surface area contributed by atoms with Crippen LogP contribution in [0.2, 0.25) is 0 Å². The van der Waals surface area contributed by atoms with E-state index in [1.807, 2.05) is 26.8 Å². The molecule has 17 heavy (non-hydrogen) atoms. The Morgan fingerprint density at radius 3 is 2.12 bits per heavy atom. The van der Waals surface area contributed by atoms with Crippen molar-refractivity contribution in [3.63, 3.8) is 0 Å². The standard InChI is InChI=1S/C14H14N2O/c1-9-4-5-12(8-15-9)14(17)13-6-10(2)16-11(3)7-13/h4-8H,1-3H3. The number of hydrogen-bond donors (Lipinski definition) is 0. The van der Waals surface area contributed by atoms with E-state index < -0.39 is 0 Å². The number of ketones is 1. The second-order valence-electron chi connectivity index (χ2n) is 4.16. The van der Waals surface area contributed by atoms with E-state index >= 15 is 0 Å².